The van der Waals surface area contributed by atoms with Gasteiger partial charge in [0.2, 0.25) is 0 Å². The second-order valence-electron chi connectivity index (χ2n) is 5.93. The minimum absolute atomic E-state index is 0.352. The van der Waals surface area contributed by atoms with Crippen molar-refractivity contribution in [3.8, 4) is 11.3 Å². The van der Waals surface area contributed by atoms with Gasteiger partial charge in [-0.15, -0.1) is 0 Å². The summed E-state index contributed by atoms with van der Waals surface area (Å²) in [5.41, 5.74) is 8.25. The van der Waals surface area contributed by atoms with Crippen LogP contribution in [0.5, 0.6) is 0 Å². The second kappa shape index (κ2) is 4.96. The first-order valence-corrected chi connectivity index (χ1v) is 7.52. The molecule has 0 aromatic carbocycles. The Bertz CT molecular complexity index is 604. The van der Waals surface area contributed by atoms with Crippen LogP contribution >= 0.6 is 0 Å². The molecule has 1 aliphatic rings. The molecule has 20 heavy (non-hydrogen) atoms. The van der Waals surface area contributed by atoms with E-state index in [1.54, 1.807) is 0 Å². The molecule has 0 unspecified atom stereocenters. The van der Waals surface area contributed by atoms with E-state index in [4.69, 9.17) is 10.7 Å². The largest absolute Gasteiger partial charge is 0.383 e. The molecule has 0 atom stereocenters. The van der Waals surface area contributed by atoms with E-state index >= 15 is 0 Å². The highest BCUT2D eigenvalue weighted by Crippen LogP contribution is 2.42. The molecule has 0 amide bonds. The number of imidazole rings is 1. The van der Waals surface area contributed by atoms with Crippen molar-refractivity contribution < 1.29 is 0 Å². The van der Waals surface area contributed by atoms with Gasteiger partial charge in [0.15, 0.2) is 0 Å². The quantitative estimate of drug-likeness (QED) is 0.910. The molecule has 2 N–H and O–H groups in total. The Labute approximate surface area is 119 Å². The molecule has 2 aromatic heterocycles. The maximum atomic E-state index is 6.34. The zero-order valence-corrected chi connectivity index (χ0v) is 12.5. The van der Waals surface area contributed by atoms with Gasteiger partial charge in [0.25, 0.3) is 0 Å². The summed E-state index contributed by atoms with van der Waals surface area (Å²) in [6.45, 7) is 7.35. The molecule has 1 aliphatic carbocycles. The van der Waals surface area contributed by atoms with E-state index in [2.05, 4.69) is 30.4 Å². The third kappa shape index (κ3) is 2.21. The van der Waals surface area contributed by atoms with Gasteiger partial charge in [-0.3, -0.25) is 4.68 Å². The lowest BCUT2D eigenvalue weighted by Gasteiger charge is -2.07. The highest BCUT2D eigenvalue weighted by atomic mass is 15.3. The van der Waals surface area contributed by atoms with Gasteiger partial charge in [0, 0.05) is 30.3 Å². The number of anilines is 1. The van der Waals surface area contributed by atoms with Gasteiger partial charge < -0.3 is 10.3 Å². The molecule has 1 saturated carbocycles. The van der Waals surface area contributed by atoms with Crippen LogP contribution < -0.4 is 5.73 Å². The first kappa shape index (κ1) is 13.2. The number of aromatic nitrogens is 4. The summed E-state index contributed by atoms with van der Waals surface area (Å²) in [5.74, 6) is 2.56. The predicted molar refractivity (Wildman–Crippen MR) is 80.5 cm³/mol. The smallest absolute Gasteiger partial charge is 0.131 e. The van der Waals surface area contributed by atoms with Crippen LogP contribution in [0.4, 0.5) is 5.82 Å². The average Bonchev–Trinajstić information content (AvgIpc) is 3.04. The van der Waals surface area contributed by atoms with E-state index in [9.17, 15) is 0 Å². The first-order chi connectivity index (χ1) is 9.61. The molecule has 3 rings (SSSR count). The van der Waals surface area contributed by atoms with Gasteiger partial charge in [-0.05, 0) is 33.1 Å². The van der Waals surface area contributed by atoms with Gasteiger partial charge in [-0.1, -0.05) is 6.92 Å². The summed E-state index contributed by atoms with van der Waals surface area (Å²) in [4.78, 5) is 4.82. The van der Waals surface area contributed by atoms with Gasteiger partial charge in [-0.2, -0.15) is 5.10 Å². The highest BCUT2D eigenvalue weighted by molar-refractivity contribution is 5.70. The van der Waals surface area contributed by atoms with Crippen molar-refractivity contribution in [3.05, 3.63) is 18.2 Å². The van der Waals surface area contributed by atoms with E-state index < -0.39 is 0 Å². The Morgan fingerprint density at radius 3 is 2.70 bits per heavy atom. The van der Waals surface area contributed by atoms with Gasteiger partial charge in [0.1, 0.15) is 17.3 Å². The van der Waals surface area contributed by atoms with Gasteiger partial charge >= 0.3 is 0 Å². The van der Waals surface area contributed by atoms with E-state index in [0.29, 0.717) is 12.0 Å². The molecular formula is C15H23N5. The van der Waals surface area contributed by atoms with Crippen LogP contribution in [0.1, 0.15) is 57.8 Å². The average molecular weight is 273 g/mol. The summed E-state index contributed by atoms with van der Waals surface area (Å²) < 4.78 is 4.14. The zero-order chi connectivity index (χ0) is 14.3. The lowest BCUT2D eigenvalue weighted by Crippen LogP contribution is -2.06. The van der Waals surface area contributed by atoms with Crippen LogP contribution in [-0.4, -0.2) is 19.3 Å². The van der Waals surface area contributed by atoms with Crippen molar-refractivity contribution in [3.63, 3.8) is 0 Å². The topological polar surface area (TPSA) is 61.7 Å². The molecule has 108 valence electrons. The standard InChI is InChI=1S/C15H23N5/c1-4-7-19-14(16)13(18-15(19)11-5-6-11)12-8-17-20(9-12)10(2)3/h8-11H,4-7,16H2,1-3H3. The highest BCUT2D eigenvalue weighted by Gasteiger charge is 2.31. The van der Waals surface area contributed by atoms with Crippen molar-refractivity contribution in [2.24, 2.45) is 0 Å². The number of hydrogen-bond acceptors (Lipinski definition) is 3. The summed E-state index contributed by atoms with van der Waals surface area (Å²) in [6, 6.07) is 0.352. The minimum Gasteiger partial charge on any atom is -0.383 e. The SMILES string of the molecule is CCCn1c(C2CC2)nc(-c2cnn(C(C)C)c2)c1N. The maximum absolute atomic E-state index is 6.34. The zero-order valence-electron chi connectivity index (χ0n) is 12.5. The number of nitrogens with zero attached hydrogens (tertiary/aromatic N) is 4. The lowest BCUT2D eigenvalue weighted by molar-refractivity contribution is 0.532. The fraction of sp³-hybridized carbons (Fsp3) is 0.600. The number of rotatable bonds is 5. The van der Waals surface area contributed by atoms with Crippen LogP contribution in [0.15, 0.2) is 12.4 Å². The molecule has 2 heterocycles. The fourth-order valence-electron chi connectivity index (χ4n) is 2.55. The Balaban J connectivity index is 2.01. The summed E-state index contributed by atoms with van der Waals surface area (Å²) in [7, 11) is 0. The second-order valence-corrected chi connectivity index (χ2v) is 5.93. The monoisotopic (exact) mass is 273 g/mol. The third-order valence-corrected chi connectivity index (χ3v) is 3.83. The molecule has 0 saturated heterocycles. The summed E-state index contributed by atoms with van der Waals surface area (Å²) in [6.07, 6.45) is 7.46. The minimum atomic E-state index is 0.352. The van der Waals surface area contributed by atoms with Crippen molar-refractivity contribution >= 4 is 5.82 Å². The molecule has 5 heteroatoms. The molecule has 1 fully saturated rings. The molecule has 5 nitrogen and oxygen atoms in total. The Kier molecular flexibility index (Phi) is 3.28. The molecule has 0 bridgehead atoms. The Morgan fingerprint density at radius 1 is 1.40 bits per heavy atom. The normalized spacial score (nSPS) is 15.2. The maximum Gasteiger partial charge on any atom is 0.131 e. The van der Waals surface area contributed by atoms with E-state index in [1.165, 1.54) is 12.8 Å². The summed E-state index contributed by atoms with van der Waals surface area (Å²) in [5, 5.41) is 4.39. The van der Waals surface area contributed by atoms with Gasteiger partial charge in [-0.25, -0.2) is 4.98 Å². The Morgan fingerprint density at radius 2 is 2.15 bits per heavy atom. The number of nitrogens with two attached hydrogens (primary N) is 1. The van der Waals surface area contributed by atoms with Crippen molar-refractivity contribution in [1.29, 1.82) is 0 Å². The molecule has 2 aromatic rings. The van der Waals surface area contributed by atoms with Crippen LogP contribution in [0.2, 0.25) is 0 Å². The Hall–Kier alpha value is -1.78. The molecule has 0 radical (unpaired) electrons. The number of nitrogen functional groups attached to an aromatic ring is 1. The molecule has 0 aliphatic heterocycles. The molecule has 0 spiro atoms. The van der Waals surface area contributed by atoms with E-state index in [-0.39, 0.29) is 0 Å². The van der Waals surface area contributed by atoms with Crippen molar-refractivity contribution in [1.82, 2.24) is 19.3 Å². The van der Waals surface area contributed by atoms with Crippen molar-refractivity contribution in [2.75, 3.05) is 5.73 Å². The predicted octanol–water partition coefficient (Wildman–Crippen LogP) is 3.20. The third-order valence-electron chi connectivity index (χ3n) is 3.83. The van der Waals surface area contributed by atoms with Crippen molar-refractivity contribution in [2.45, 2.75) is 58.5 Å². The lowest BCUT2D eigenvalue weighted by atomic mass is 10.2. The van der Waals surface area contributed by atoms with E-state index in [1.807, 2.05) is 17.1 Å². The van der Waals surface area contributed by atoms with Gasteiger partial charge in [0.05, 0.1) is 6.20 Å². The van der Waals surface area contributed by atoms with E-state index in [0.717, 1.165) is 35.9 Å². The van der Waals surface area contributed by atoms with Crippen LogP contribution in [-0.2, 0) is 6.54 Å². The van der Waals surface area contributed by atoms with Crippen LogP contribution in [0.3, 0.4) is 0 Å². The van der Waals surface area contributed by atoms with Crippen LogP contribution in [0, 0.1) is 0 Å². The summed E-state index contributed by atoms with van der Waals surface area (Å²) >= 11 is 0. The molecular weight excluding hydrogens is 250 g/mol. The number of hydrogen-bond donors (Lipinski definition) is 1. The fourth-order valence-corrected chi connectivity index (χ4v) is 2.55. The van der Waals surface area contributed by atoms with Crippen LogP contribution in [0.25, 0.3) is 11.3 Å². The first-order valence-electron chi connectivity index (χ1n) is 7.52.